The summed E-state index contributed by atoms with van der Waals surface area (Å²) in [5, 5.41) is 7.94. The number of rotatable bonds is 6. The Morgan fingerprint density at radius 1 is 1.45 bits per heavy atom. The predicted molar refractivity (Wildman–Crippen MR) is 89.5 cm³/mol. The van der Waals surface area contributed by atoms with Crippen LogP contribution in [0.1, 0.15) is 55.6 Å². The van der Waals surface area contributed by atoms with Crippen LogP contribution < -0.4 is 5.32 Å². The largest absolute Gasteiger partial charge is 0.337 e. The van der Waals surface area contributed by atoms with Gasteiger partial charge in [-0.25, -0.2) is 0 Å². The minimum Gasteiger partial charge on any atom is -0.337 e. The first-order valence-corrected chi connectivity index (χ1v) is 8.33. The van der Waals surface area contributed by atoms with Crippen molar-refractivity contribution in [3.63, 3.8) is 0 Å². The van der Waals surface area contributed by atoms with Gasteiger partial charge in [0.15, 0.2) is 0 Å². The normalized spacial score (nSPS) is 21.2. The van der Waals surface area contributed by atoms with Gasteiger partial charge in [-0.1, -0.05) is 6.92 Å². The van der Waals surface area contributed by atoms with Crippen LogP contribution in [0.15, 0.2) is 12.3 Å². The smallest absolute Gasteiger partial charge is 0.274 e. The van der Waals surface area contributed by atoms with Gasteiger partial charge in [0.05, 0.1) is 6.04 Å². The van der Waals surface area contributed by atoms with Gasteiger partial charge < -0.3 is 10.2 Å². The average molecular weight is 327 g/mol. The lowest BCUT2D eigenvalue weighted by molar-refractivity contribution is 0.0740. The maximum atomic E-state index is 12.6. The summed E-state index contributed by atoms with van der Waals surface area (Å²) in [7, 11) is 0. The molecular weight excluding hydrogens is 300 g/mol. The van der Waals surface area contributed by atoms with Gasteiger partial charge >= 0.3 is 0 Å². The molecule has 0 spiro atoms. The Hall–Kier alpha value is -1.07. The highest BCUT2D eigenvalue weighted by Crippen LogP contribution is 2.30. The second-order valence-electron chi connectivity index (χ2n) is 6.38. The van der Waals surface area contributed by atoms with Crippen LogP contribution in [0.5, 0.6) is 0 Å². The third kappa shape index (κ3) is 4.23. The lowest BCUT2D eigenvalue weighted by Gasteiger charge is -2.23. The maximum absolute atomic E-state index is 12.6. The van der Waals surface area contributed by atoms with Crippen molar-refractivity contribution < 1.29 is 4.79 Å². The average Bonchev–Trinajstić information content (AvgIpc) is 3.20. The predicted octanol–water partition coefficient (Wildman–Crippen LogP) is 2.49. The first-order valence-electron chi connectivity index (χ1n) is 8.33. The summed E-state index contributed by atoms with van der Waals surface area (Å²) in [6, 6.07) is 2.27. The quantitative estimate of drug-likeness (QED) is 0.873. The van der Waals surface area contributed by atoms with E-state index in [2.05, 4.69) is 17.3 Å². The molecule has 1 atom stereocenters. The number of halogens is 1. The number of carbonyl (C=O) groups is 1. The molecule has 1 amide bonds. The molecule has 3 rings (SSSR count). The molecule has 22 heavy (non-hydrogen) atoms. The first kappa shape index (κ1) is 17.3. The SMILES string of the molecule is CCCN(CC1CC1)C(=O)c1ccn(C2CCCNC2)n1.Cl. The number of piperidine rings is 1. The Bertz CT molecular complexity index is 480. The molecule has 1 saturated carbocycles. The van der Waals surface area contributed by atoms with Gasteiger partial charge in [-0.05, 0) is 50.6 Å². The second-order valence-corrected chi connectivity index (χ2v) is 6.38. The summed E-state index contributed by atoms with van der Waals surface area (Å²) in [6.07, 6.45) is 7.84. The lowest BCUT2D eigenvalue weighted by atomic mass is 10.1. The van der Waals surface area contributed by atoms with Crippen molar-refractivity contribution in [1.82, 2.24) is 20.0 Å². The second kappa shape index (κ2) is 7.97. The first-order chi connectivity index (χ1) is 10.3. The lowest BCUT2D eigenvalue weighted by Crippen LogP contribution is -2.34. The van der Waals surface area contributed by atoms with Crippen LogP contribution in [-0.2, 0) is 0 Å². The van der Waals surface area contributed by atoms with Crippen molar-refractivity contribution in [2.75, 3.05) is 26.2 Å². The fourth-order valence-electron chi connectivity index (χ4n) is 3.03. The van der Waals surface area contributed by atoms with Crippen LogP contribution in [0.2, 0.25) is 0 Å². The Labute approximate surface area is 138 Å². The highest BCUT2D eigenvalue weighted by atomic mass is 35.5. The van der Waals surface area contributed by atoms with E-state index in [1.165, 1.54) is 19.3 Å². The number of hydrogen-bond donors (Lipinski definition) is 1. The highest BCUT2D eigenvalue weighted by molar-refractivity contribution is 5.92. The van der Waals surface area contributed by atoms with Crippen LogP contribution in [0.4, 0.5) is 0 Å². The molecule has 1 N–H and O–H groups in total. The minimum absolute atomic E-state index is 0. The van der Waals surface area contributed by atoms with Crippen molar-refractivity contribution in [1.29, 1.82) is 0 Å². The molecule has 6 heteroatoms. The van der Waals surface area contributed by atoms with E-state index in [4.69, 9.17) is 0 Å². The molecule has 124 valence electrons. The molecule has 1 aromatic heterocycles. The van der Waals surface area contributed by atoms with Crippen LogP contribution in [0.3, 0.4) is 0 Å². The molecule has 1 unspecified atom stereocenters. The third-order valence-electron chi connectivity index (χ3n) is 4.43. The molecule has 2 heterocycles. The summed E-state index contributed by atoms with van der Waals surface area (Å²) in [4.78, 5) is 14.6. The monoisotopic (exact) mass is 326 g/mol. The Balaban J connectivity index is 0.00000176. The van der Waals surface area contributed by atoms with E-state index in [0.717, 1.165) is 44.9 Å². The zero-order chi connectivity index (χ0) is 14.7. The van der Waals surface area contributed by atoms with Crippen LogP contribution in [0, 0.1) is 5.92 Å². The van der Waals surface area contributed by atoms with Crippen molar-refractivity contribution in [3.05, 3.63) is 18.0 Å². The van der Waals surface area contributed by atoms with Crippen molar-refractivity contribution in [2.45, 2.75) is 45.1 Å². The minimum atomic E-state index is 0. The van der Waals surface area contributed by atoms with Gasteiger partial charge in [0.2, 0.25) is 0 Å². The molecule has 0 bridgehead atoms. The number of carbonyl (C=O) groups excluding carboxylic acids is 1. The fraction of sp³-hybridized carbons (Fsp3) is 0.750. The summed E-state index contributed by atoms with van der Waals surface area (Å²) >= 11 is 0. The van der Waals surface area contributed by atoms with E-state index in [-0.39, 0.29) is 18.3 Å². The van der Waals surface area contributed by atoms with Gasteiger partial charge in [0.1, 0.15) is 5.69 Å². The maximum Gasteiger partial charge on any atom is 0.274 e. The Morgan fingerprint density at radius 3 is 2.91 bits per heavy atom. The zero-order valence-corrected chi connectivity index (χ0v) is 14.1. The zero-order valence-electron chi connectivity index (χ0n) is 13.3. The summed E-state index contributed by atoms with van der Waals surface area (Å²) in [5.74, 6) is 0.830. The van der Waals surface area contributed by atoms with Crippen molar-refractivity contribution in [3.8, 4) is 0 Å². The molecule has 1 aromatic rings. The van der Waals surface area contributed by atoms with E-state index in [9.17, 15) is 4.79 Å². The van der Waals surface area contributed by atoms with Crippen molar-refractivity contribution >= 4 is 18.3 Å². The molecular formula is C16H27ClN4O. The molecule has 0 aromatic carbocycles. The van der Waals surface area contributed by atoms with Crippen molar-refractivity contribution in [2.24, 2.45) is 5.92 Å². The molecule has 2 fully saturated rings. The molecule has 1 aliphatic carbocycles. The Kier molecular flexibility index (Phi) is 6.26. The number of amides is 1. The summed E-state index contributed by atoms with van der Waals surface area (Å²) < 4.78 is 1.97. The molecule has 1 saturated heterocycles. The van der Waals surface area contributed by atoms with Gasteiger partial charge in [-0.2, -0.15) is 5.10 Å². The standard InChI is InChI=1S/C16H26N4O.ClH/c1-2-9-19(12-13-5-6-13)16(21)15-7-10-20(18-15)14-4-3-8-17-11-14;/h7,10,13-14,17H,2-6,8-9,11-12H2,1H3;1H. The third-order valence-corrected chi connectivity index (χ3v) is 4.43. The molecule has 2 aliphatic rings. The summed E-state index contributed by atoms with van der Waals surface area (Å²) in [6.45, 7) is 5.92. The number of nitrogens with zero attached hydrogens (tertiary/aromatic N) is 3. The van der Waals surface area contributed by atoms with Gasteiger partial charge in [0, 0.05) is 25.8 Å². The van der Waals surface area contributed by atoms with Gasteiger partial charge in [-0.15, -0.1) is 12.4 Å². The number of aromatic nitrogens is 2. The van der Waals surface area contributed by atoms with E-state index >= 15 is 0 Å². The number of hydrogen-bond acceptors (Lipinski definition) is 3. The van der Waals surface area contributed by atoms with Crippen LogP contribution >= 0.6 is 12.4 Å². The summed E-state index contributed by atoms with van der Waals surface area (Å²) in [5.41, 5.74) is 0.606. The molecule has 1 aliphatic heterocycles. The van der Waals surface area contributed by atoms with Gasteiger partial charge in [0.25, 0.3) is 5.91 Å². The Morgan fingerprint density at radius 2 is 2.27 bits per heavy atom. The van der Waals surface area contributed by atoms with E-state index in [1.807, 2.05) is 21.8 Å². The van der Waals surface area contributed by atoms with Crippen LogP contribution in [-0.4, -0.2) is 46.8 Å². The van der Waals surface area contributed by atoms with E-state index < -0.39 is 0 Å². The fourth-order valence-corrected chi connectivity index (χ4v) is 3.03. The van der Waals surface area contributed by atoms with Gasteiger partial charge in [-0.3, -0.25) is 9.48 Å². The molecule has 5 nitrogen and oxygen atoms in total. The van der Waals surface area contributed by atoms with E-state index in [0.29, 0.717) is 11.7 Å². The topological polar surface area (TPSA) is 50.2 Å². The molecule has 0 radical (unpaired) electrons. The highest BCUT2D eigenvalue weighted by Gasteiger charge is 2.28. The van der Waals surface area contributed by atoms with E-state index in [1.54, 1.807) is 0 Å². The van der Waals surface area contributed by atoms with Crippen LogP contribution in [0.25, 0.3) is 0 Å². The number of nitrogens with one attached hydrogen (secondary N) is 1.